The van der Waals surface area contributed by atoms with Crippen LogP contribution in [0.1, 0.15) is 38.9 Å². The van der Waals surface area contributed by atoms with Gasteiger partial charge in [0.1, 0.15) is 12.2 Å². The van der Waals surface area contributed by atoms with Crippen LogP contribution in [0.3, 0.4) is 0 Å². The highest BCUT2D eigenvalue weighted by Gasteiger charge is 2.41. The molecule has 0 aliphatic carbocycles. The van der Waals surface area contributed by atoms with E-state index in [4.69, 9.17) is 4.74 Å². The normalized spacial score (nSPS) is 27.4. The summed E-state index contributed by atoms with van der Waals surface area (Å²) in [5, 5.41) is 14.9. The van der Waals surface area contributed by atoms with Crippen molar-refractivity contribution in [2.75, 3.05) is 13.1 Å². The molecule has 0 spiro atoms. The Morgan fingerprint density at radius 1 is 1.45 bits per heavy atom. The van der Waals surface area contributed by atoms with Gasteiger partial charge in [-0.15, -0.1) is 10.2 Å². The Labute approximate surface area is 131 Å². The van der Waals surface area contributed by atoms with Crippen LogP contribution in [0, 0.1) is 0 Å². The molecule has 7 heteroatoms. The minimum Gasteiger partial charge on any atom is -0.373 e. The van der Waals surface area contributed by atoms with Gasteiger partial charge in [-0.05, 0) is 26.2 Å². The molecule has 2 N–H and O–H groups in total. The number of nitrogens with zero attached hydrogens (tertiary/aromatic N) is 4. The maximum Gasteiger partial charge on any atom is 0.191 e. The third-order valence-corrected chi connectivity index (χ3v) is 4.40. The summed E-state index contributed by atoms with van der Waals surface area (Å²) in [5.74, 6) is 1.89. The number of fused-ring (bicyclic) bond motifs is 2. The Hall–Kier alpha value is -1.63. The van der Waals surface area contributed by atoms with Crippen molar-refractivity contribution in [3.8, 4) is 0 Å². The lowest BCUT2D eigenvalue weighted by Crippen LogP contribution is -2.47. The molecule has 3 rings (SSSR count). The van der Waals surface area contributed by atoms with Crippen LogP contribution in [0.5, 0.6) is 0 Å². The number of nitrogens with one attached hydrogen (secondary N) is 2. The first-order chi connectivity index (χ1) is 10.8. The van der Waals surface area contributed by atoms with Gasteiger partial charge in [-0.25, -0.2) is 0 Å². The quantitative estimate of drug-likeness (QED) is 0.598. The first kappa shape index (κ1) is 15.3. The summed E-state index contributed by atoms with van der Waals surface area (Å²) in [7, 11) is 0. The minimum absolute atomic E-state index is 0.360. The molecule has 1 aromatic heterocycles. The van der Waals surface area contributed by atoms with Gasteiger partial charge in [-0.2, -0.15) is 0 Å². The van der Waals surface area contributed by atoms with E-state index < -0.39 is 0 Å². The number of hydrogen-bond acceptors (Lipinski definition) is 4. The van der Waals surface area contributed by atoms with E-state index in [-0.39, 0.29) is 0 Å². The second kappa shape index (κ2) is 7.09. The van der Waals surface area contributed by atoms with Gasteiger partial charge in [0.25, 0.3) is 0 Å². The lowest BCUT2D eigenvalue weighted by Gasteiger charge is -2.22. The van der Waals surface area contributed by atoms with Crippen LogP contribution in [-0.2, 0) is 17.7 Å². The summed E-state index contributed by atoms with van der Waals surface area (Å²) in [6.07, 6.45) is 6.96. The van der Waals surface area contributed by atoms with Crippen molar-refractivity contribution < 1.29 is 4.74 Å². The van der Waals surface area contributed by atoms with Gasteiger partial charge in [-0.1, -0.05) is 6.92 Å². The van der Waals surface area contributed by atoms with Crippen LogP contribution in [-0.4, -0.2) is 52.1 Å². The molecule has 0 amide bonds. The van der Waals surface area contributed by atoms with Crippen molar-refractivity contribution in [3.05, 3.63) is 12.2 Å². The predicted molar refractivity (Wildman–Crippen MR) is 84.8 cm³/mol. The lowest BCUT2D eigenvalue weighted by atomic mass is 9.96. The zero-order chi connectivity index (χ0) is 15.4. The van der Waals surface area contributed by atoms with Gasteiger partial charge >= 0.3 is 0 Å². The number of hydrogen-bond donors (Lipinski definition) is 2. The van der Waals surface area contributed by atoms with Gasteiger partial charge in [0, 0.05) is 19.5 Å². The number of ether oxygens (including phenoxy) is 1. The average molecular weight is 306 g/mol. The Morgan fingerprint density at radius 3 is 3.05 bits per heavy atom. The monoisotopic (exact) mass is 306 g/mol. The number of rotatable bonds is 6. The summed E-state index contributed by atoms with van der Waals surface area (Å²) >= 11 is 0. The second-order valence-corrected chi connectivity index (χ2v) is 5.92. The molecule has 22 heavy (non-hydrogen) atoms. The summed E-state index contributed by atoms with van der Waals surface area (Å²) in [4.78, 5) is 4.67. The highest BCUT2D eigenvalue weighted by atomic mass is 16.5. The van der Waals surface area contributed by atoms with E-state index >= 15 is 0 Å². The second-order valence-electron chi connectivity index (χ2n) is 5.92. The topological polar surface area (TPSA) is 76.4 Å². The van der Waals surface area contributed by atoms with Crippen molar-refractivity contribution >= 4 is 5.96 Å². The SMILES string of the molecule is CCNC(=NCCn1cnnc1CC)NC1CC2CCC1O2. The van der Waals surface area contributed by atoms with Crippen LogP contribution in [0.25, 0.3) is 0 Å². The molecule has 7 nitrogen and oxygen atoms in total. The van der Waals surface area contributed by atoms with Crippen molar-refractivity contribution in [2.45, 2.75) is 64.3 Å². The summed E-state index contributed by atoms with van der Waals surface area (Å²) in [5.41, 5.74) is 0. The van der Waals surface area contributed by atoms with E-state index in [1.54, 1.807) is 6.33 Å². The largest absolute Gasteiger partial charge is 0.373 e. The minimum atomic E-state index is 0.360. The standard InChI is InChI=1S/C15H26N6O/c1-3-14-20-18-10-21(14)8-7-17-15(16-4-2)19-12-9-11-5-6-13(12)22-11/h10-13H,3-9H2,1-2H3,(H2,16,17,19). The zero-order valence-electron chi connectivity index (χ0n) is 13.5. The van der Waals surface area contributed by atoms with Gasteiger partial charge in [0.15, 0.2) is 5.96 Å². The molecule has 122 valence electrons. The van der Waals surface area contributed by atoms with E-state index in [1.807, 2.05) is 0 Å². The highest BCUT2D eigenvalue weighted by molar-refractivity contribution is 5.80. The van der Waals surface area contributed by atoms with E-state index in [1.165, 1.54) is 12.8 Å². The molecular weight excluding hydrogens is 280 g/mol. The Balaban J connectivity index is 1.54. The van der Waals surface area contributed by atoms with E-state index in [0.29, 0.717) is 24.8 Å². The summed E-state index contributed by atoms with van der Waals surface area (Å²) in [6, 6.07) is 0.401. The summed E-state index contributed by atoms with van der Waals surface area (Å²) < 4.78 is 7.95. The average Bonchev–Trinajstić information content (AvgIpc) is 3.23. The molecule has 2 saturated heterocycles. The van der Waals surface area contributed by atoms with Crippen LogP contribution < -0.4 is 10.6 Å². The molecule has 2 aliphatic rings. The Bertz CT molecular complexity index is 514. The maximum absolute atomic E-state index is 5.89. The maximum atomic E-state index is 5.89. The molecule has 3 atom stereocenters. The Kier molecular flexibility index (Phi) is 4.92. The molecule has 2 aliphatic heterocycles. The number of aromatic nitrogens is 3. The summed E-state index contributed by atoms with van der Waals surface area (Å²) in [6.45, 7) is 6.55. The first-order valence-electron chi connectivity index (χ1n) is 8.37. The van der Waals surface area contributed by atoms with E-state index in [0.717, 1.165) is 37.7 Å². The van der Waals surface area contributed by atoms with Crippen LogP contribution in [0.2, 0.25) is 0 Å². The van der Waals surface area contributed by atoms with Crippen LogP contribution >= 0.6 is 0 Å². The van der Waals surface area contributed by atoms with Crippen LogP contribution in [0.4, 0.5) is 0 Å². The van der Waals surface area contributed by atoms with E-state index in [9.17, 15) is 0 Å². The van der Waals surface area contributed by atoms with Crippen molar-refractivity contribution in [2.24, 2.45) is 4.99 Å². The highest BCUT2D eigenvalue weighted by Crippen LogP contribution is 2.34. The first-order valence-corrected chi connectivity index (χ1v) is 8.37. The molecule has 2 bridgehead atoms. The van der Waals surface area contributed by atoms with Gasteiger partial charge in [0.2, 0.25) is 0 Å². The molecule has 0 aromatic carbocycles. The third-order valence-electron chi connectivity index (χ3n) is 4.40. The smallest absolute Gasteiger partial charge is 0.191 e. The lowest BCUT2D eigenvalue weighted by molar-refractivity contribution is 0.0992. The van der Waals surface area contributed by atoms with Gasteiger partial charge < -0.3 is 19.9 Å². The molecular formula is C15H26N6O. The van der Waals surface area contributed by atoms with Crippen molar-refractivity contribution in [3.63, 3.8) is 0 Å². The Morgan fingerprint density at radius 2 is 2.36 bits per heavy atom. The van der Waals surface area contributed by atoms with Crippen LogP contribution in [0.15, 0.2) is 11.3 Å². The van der Waals surface area contributed by atoms with Crippen molar-refractivity contribution in [1.29, 1.82) is 0 Å². The molecule has 2 fully saturated rings. The molecule has 0 saturated carbocycles. The number of aryl methyl sites for hydroxylation is 1. The number of aliphatic imine (C=N–C) groups is 1. The van der Waals surface area contributed by atoms with Crippen molar-refractivity contribution in [1.82, 2.24) is 25.4 Å². The molecule has 3 unspecified atom stereocenters. The molecule has 0 radical (unpaired) electrons. The molecule has 1 aromatic rings. The van der Waals surface area contributed by atoms with Gasteiger partial charge in [0.05, 0.1) is 24.8 Å². The number of guanidine groups is 1. The van der Waals surface area contributed by atoms with Gasteiger partial charge in [-0.3, -0.25) is 4.99 Å². The zero-order valence-corrected chi connectivity index (χ0v) is 13.5. The third kappa shape index (κ3) is 3.40. The fraction of sp³-hybridized carbons (Fsp3) is 0.800. The fourth-order valence-electron chi connectivity index (χ4n) is 3.29. The van der Waals surface area contributed by atoms with E-state index in [2.05, 4.69) is 44.2 Å². The predicted octanol–water partition coefficient (Wildman–Crippen LogP) is 0.716. The molecule has 3 heterocycles. The fourth-order valence-corrected chi connectivity index (χ4v) is 3.29.